The standard InChI is InChI=1S/C16H17FN2O2/c1-19(2)13-7-4-11(5-8-13)16(20)18-12-6-9-15(21-3)14(17)10-12/h4-10H,1-3H3,(H,18,20). The minimum absolute atomic E-state index is 0.142. The van der Waals surface area contributed by atoms with Crippen molar-refractivity contribution in [2.45, 2.75) is 0 Å². The van der Waals surface area contributed by atoms with Crippen molar-refractivity contribution in [1.82, 2.24) is 0 Å². The summed E-state index contributed by atoms with van der Waals surface area (Å²) in [5.41, 5.74) is 1.90. The molecule has 0 saturated carbocycles. The molecule has 4 nitrogen and oxygen atoms in total. The lowest BCUT2D eigenvalue weighted by Gasteiger charge is -2.12. The molecule has 0 aliphatic rings. The Balaban J connectivity index is 2.12. The van der Waals surface area contributed by atoms with Crippen molar-refractivity contribution in [2.75, 3.05) is 31.4 Å². The number of amides is 1. The Kier molecular flexibility index (Phi) is 4.42. The molecule has 0 saturated heterocycles. The van der Waals surface area contributed by atoms with Crippen molar-refractivity contribution in [2.24, 2.45) is 0 Å². The Hall–Kier alpha value is -2.56. The molecular weight excluding hydrogens is 271 g/mol. The second kappa shape index (κ2) is 6.26. The summed E-state index contributed by atoms with van der Waals surface area (Å²) < 4.78 is 18.4. The third kappa shape index (κ3) is 3.51. The molecule has 1 amide bonds. The van der Waals surface area contributed by atoms with Crippen LogP contribution < -0.4 is 15.0 Å². The number of nitrogens with zero attached hydrogens (tertiary/aromatic N) is 1. The van der Waals surface area contributed by atoms with Crippen molar-refractivity contribution in [1.29, 1.82) is 0 Å². The van der Waals surface area contributed by atoms with Crippen molar-refractivity contribution >= 4 is 17.3 Å². The number of hydrogen-bond donors (Lipinski definition) is 1. The quantitative estimate of drug-likeness (QED) is 0.939. The van der Waals surface area contributed by atoms with E-state index in [0.717, 1.165) is 5.69 Å². The Morgan fingerprint density at radius 1 is 1.14 bits per heavy atom. The minimum atomic E-state index is -0.516. The van der Waals surface area contributed by atoms with E-state index in [4.69, 9.17) is 4.74 Å². The molecule has 0 heterocycles. The van der Waals surface area contributed by atoms with Gasteiger partial charge in [-0.25, -0.2) is 4.39 Å². The zero-order chi connectivity index (χ0) is 15.4. The summed E-state index contributed by atoms with van der Waals surface area (Å²) in [5, 5.41) is 2.65. The number of hydrogen-bond acceptors (Lipinski definition) is 3. The number of nitrogens with one attached hydrogen (secondary N) is 1. The zero-order valence-corrected chi connectivity index (χ0v) is 12.2. The molecule has 0 aliphatic carbocycles. The molecule has 2 rings (SSSR count). The lowest BCUT2D eigenvalue weighted by atomic mass is 10.2. The van der Waals surface area contributed by atoms with Crippen LogP contribution >= 0.6 is 0 Å². The van der Waals surface area contributed by atoms with E-state index in [9.17, 15) is 9.18 Å². The third-order valence-corrected chi connectivity index (χ3v) is 3.06. The second-order valence-corrected chi connectivity index (χ2v) is 4.74. The molecule has 110 valence electrons. The molecule has 21 heavy (non-hydrogen) atoms. The van der Waals surface area contributed by atoms with Crippen LogP contribution in [0.3, 0.4) is 0 Å². The Morgan fingerprint density at radius 3 is 2.33 bits per heavy atom. The fraction of sp³-hybridized carbons (Fsp3) is 0.188. The fourth-order valence-electron chi connectivity index (χ4n) is 1.86. The SMILES string of the molecule is COc1ccc(NC(=O)c2ccc(N(C)C)cc2)cc1F. The van der Waals surface area contributed by atoms with Crippen LogP contribution in [0.2, 0.25) is 0 Å². The van der Waals surface area contributed by atoms with E-state index < -0.39 is 5.82 Å². The molecule has 0 spiro atoms. The summed E-state index contributed by atoms with van der Waals surface area (Å²) in [6, 6.07) is 11.4. The van der Waals surface area contributed by atoms with Gasteiger partial charge in [-0.05, 0) is 36.4 Å². The summed E-state index contributed by atoms with van der Waals surface area (Å²) in [6.45, 7) is 0. The number of carbonyl (C=O) groups excluding carboxylic acids is 1. The van der Waals surface area contributed by atoms with Gasteiger partial charge in [0.05, 0.1) is 7.11 Å². The van der Waals surface area contributed by atoms with Gasteiger partial charge < -0.3 is 15.0 Å². The van der Waals surface area contributed by atoms with Crippen LogP contribution in [0, 0.1) is 5.82 Å². The van der Waals surface area contributed by atoms with Gasteiger partial charge in [0, 0.05) is 37.1 Å². The van der Waals surface area contributed by atoms with E-state index in [1.807, 2.05) is 31.1 Å². The first-order valence-electron chi connectivity index (χ1n) is 6.43. The highest BCUT2D eigenvalue weighted by atomic mass is 19.1. The summed E-state index contributed by atoms with van der Waals surface area (Å²) in [4.78, 5) is 14.0. The predicted molar refractivity (Wildman–Crippen MR) is 81.7 cm³/mol. The van der Waals surface area contributed by atoms with Crippen LogP contribution in [-0.4, -0.2) is 27.1 Å². The van der Waals surface area contributed by atoms with E-state index in [2.05, 4.69) is 5.32 Å². The van der Waals surface area contributed by atoms with Crippen LogP contribution in [0.25, 0.3) is 0 Å². The number of halogens is 1. The van der Waals surface area contributed by atoms with Crippen molar-refractivity contribution in [3.8, 4) is 5.75 Å². The molecule has 0 unspecified atom stereocenters. The highest BCUT2D eigenvalue weighted by molar-refractivity contribution is 6.04. The minimum Gasteiger partial charge on any atom is -0.494 e. The predicted octanol–water partition coefficient (Wildman–Crippen LogP) is 3.15. The van der Waals surface area contributed by atoms with E-state index in [1.165, 1.54) is 19.2 Å². The van der Waals surface area contributed by atoms with Crippen molar-refractivity contribution < 1.29 is 13.9 Å². The largest absolute Gasteiger partial charge is 0.494 e. The summed E-state index contributed by atoms with van der Waals surface area (Å²) in [7, 11) is 5.24. The topological polar surface area (TPSA) is 41.6 Å². The van der Waals surface area contributed by atoms with Crippen molar-refractivity contribution in [3.63, 3.8) is 0 Å². The maximum atomic E-state index is 13.6. The van der Waals surface area contributed by atoms with Gasteiger partial charge >= 0.3 is 0 Å². The molecule has 0 aliphatic heterocycles. The van der Waals surface area contributed by atoms with Crippen LogP contribution in [-0.2, 0) is 0 Å². The monoisotopic (exact) mass is 288 g/mol. The molecule has 2 aromatic carbocycles. The number of anilines is 2. The molecule has 0 aromatic heterocycles. The van der Waals surface area contributed by atoms with E-state index in [-0.39, 0.29) is 11.7 Å². The van der Waals surface area contributed by atoms with E-state index in [1.54, 1.807) is 18.2 Å². The Bertz CT molecular complexity index is 639. The number of benzene rings is 2. The smallest absolute Gasteiger partial charge is 0.255 e. The summed E-state index contributed by atoms with van der Waals surface area (Å²) >= 11 is 0. The second-order valence-electron chi connectivity index (χ2n) is 4.74. The average molecular weight is 288 g/mol. The first-order valence-corrected chi connectivity index (χ1v) is 6.43. The molecule has 0 atom stereocenters. The van der Waals surface area contributed by atoms with Crippen LogP contribution in [0.4, 0.5) is 15.8 Å². The van der Waals surface area contributed by atoms with Gasteiger partial charge in [-0.2, -0.15) is 0 Å². The van der Waals surface area contributed by atoms with Gasteiger partial charge in [0.25, 0.3) is 5.91 Å². The maximum Gasteiger partial charge on any atom is 0.255 e. The number of methoxy groups -OCH3 is 1. The van der Waals surface area contributed by atoms with Crippen LogP contribution in [0.15, 0.2) is 42.5 Å². The Morgan fingerprint density at radius 2 is 1.81 bits per heavy atom. The van der Waals surface area contributed by atoms with Crippen LogP contribution in [0.1, 0.15) is 10.4 Å². The van der Waals surface area contributed by atoms with Gasteiger partial charge in [-0.15, -0.1) is 0 Å². The number of rotatable bonds is 4. The Labute approximate surface area is 123 Å². The molecule has 0 fully saturated rings. The molecule has 5 heteroatoms. The first-order chi connectivity index (χ1) is 10.0. The molecule has 0 bridgehead atoms. The highest BCUT2D eigenvalue weighted by Gasteiger charge is 2.09. The van der Waals surface area contributed by atoms with E-state index >= 15 is 0 Å². The summed E-state index contributed by atoms with van der Waals surface area (Å²) in [5.74, 6) is -0.661. The van der Waals surface area contributed by atoms with E-state index in [0.29, 0.717) is 11.3 Å². The van der Waals surface area contributed by atoms with Gasteiger partial charge in [-0.3, -0.25) is 4.79 Å². The first kappa shape index (κ1) is 14.8. The molecular formula is C16H17FN2O2. The molecule has 2 aromatic rings. The maximum absolute atomic E-state index is 13.6. The fourth-order valence-corrected chi connectivity index (χ4v) is 1.86. The highest BCUT2D eigenvalue weighted by Crippen LogP contribution is 2.21. The number of ether oxygens (including phenoxy) is 1. The van der Waals surface area contributed by atoms with Gasteiger partial charge in [0.15, 0.2) is 11.6 Å². The molecule has 0 radical (unpaired) electrons. The average Bonchev–Trinajstić information content (AvgIpc) is 2.47. The third-order valence-electron chi connectivity index (χ3n) is 3.06. The van der Waals surface area contributed by atoms with Gasteiger partial charge in [-0.1, -0.05) is 0 Å². The van der Waals surface area contributed by atoms with Crippen LogP contribution in [0.5, 0.6) is 5.75 Å². The normalized spacial score (nSPS) is 10.1. The van der Waals surface area contributed by atoms with Gasteiger partial charge in [0.2, 0.25) is 0 Å². The zero-order valence-electron chi connectivity index (χ0n) is 12.2. The lowest BCUT2D eigenvalue weighted by Crippen LogP contribution is -2.13. The summed E-state index contributed by atoms with van der Waals surface area (Å²) in [6.07, 6.45) is 0. The lowest BCUT2D eigenvalue weighted by molar-refractivity contribution is 0.102. The van der Waals surface area contributed by atoms with Gasteiger partial charge in [0.1, 0.15) is 0 Å². The number of carbonyl (C=O) groups is 1. The van der Waals surface area contributed by atoms with Crippen molar-refractivity contribution in [3.05, 3.63) is 53.8 Å². The molecule has 1 N–H and O–H groups in total.